The van der Waals surface area contributed by atoms with Gasteiger partial charge >= 0.3 is 0 Å². The van der Waals surface area contributed by atoms with E-state index in [1.165, 1.54) is 25.8 Å². The standard InChI is InChI=1S/C7H14N/c1-2-7-3-5-8-6-4-7/h5,7-8H,2-4,6H2,1H3. The molecule has 1 nitrogen and oxygen atoms in total. The fourth-order valence-electron chi connectivity index (χ4n) is 1.13. The van der Waals surface area contributed by atoms with Crippen molar-refractivity contribution in [1.29, 1.82) is 0 Å². The van der Waals surface area contributed by atoms with Crippen molar-refractivity contribution in [3.63, 3.8) is 0 Å². The predicted molar refractivity (Wildman–Crippen MR) is 35.3 cm³/mol. The van der Waals surface area contributed by atoms with Gasteiger partial charge in [0.05, 0.1) is 0 Å². The molecule has 0 aromatic heterocycles. The monoisotopic (exact) mass is 112 g/mol. The normalized spacial score (nSPS) is 23.6. The van der Waals surface area contributed by atoms with Gasteiger partial charge in [0.1, 0.15) is 0 Å². The molecule has 1 saturated heterocycles. The van der Waals surface area contributed by atoms with Crippen molar-refractivity contribution in [1.82, 2.24) is 5.32 Å². The van der Waals surface area contributed by atoms with Crippen LogP contribution in [0.25, 0.3) is 0 Å². The third kappa shape index (κ3) is 1.48. The Bertz CT molecular complexity index is 55.4. The molecule has 1 N–H and O–H groups in total. The van der Waals surface area contributed by atoms with Gasteiger partial charge in [0.15, 0.2) is 0 Å². The van der Waals surface area contributed by atoms with Crippen LogP contribution >= 0.6 is 0 Å². The van der Waals surface area contributed by atoms with E-state index in [1.54, 1.807) is 0 Å². The summed E-state index contributed by atoms with van der Waals surface area (Å²) in [6.07, 6.45) is 3.99. The molecule has 0 spiro atoms. The van der Waals surface area contributed by atoms with Crippen molar-refractivity contribution in [3.8, 4) is 0 Å². The highest BCUT2D eigenvalue weighted by atomic mass is 14.9. The Kier molecular flexibility index (Phi) is 2.34. The summed E-state index contributed by atoms with van der Waals surface area (Å²) in [7, 11) is 0. The first-order valence-corrected chi connectivity index (χ1v) is 3.48. The highest BCUT2D eigenvalue weighted by Gasteiger charge is 2.09. The maximum atomic E-state index is 3.22. The van der Waals surface area contributed by atoms with Gasteiger partial charge in [-0.3, -0.25) is 0 Å². The molecule has 1 heteroatoms. The Morgan fingerprint density at radius 2 is 2.62 bits per heavy atom. The zero-order chi connectivity index (χ0) is 5.82. The fourth-order valence-corrected chi connectivity index (χ4v) is 1.13. The van der Waals surface area contributed by atoms with Crippen molar-refractivity contribution in [2.24, 2.45) is 5.92 Å². The van der Waals surface area contributed by atoms with Gasteiger partial charge in [-0.2, -0.15) is 0 Å². The van der Waals surface area contributed by atoms with E-state index in [-0.39, 0.29) is 0 Å². The summed E-state index contributed by atoms with van der Waals surface area (Å²) in [5.74, 6) is 0.969. The Morgan fingerprint density at radius 3 is 3.00 bits per heavy atom. The van der Waals surface area contributed by atoms with E-state index in [2.05, 4.69) is 18.8 Å². The lowest BCUT2D eigenvalue weighted by molar-refractivity contribution is 0.401. The van der Waals surface area contributed by atoms with Gasteiger partial charge in [-0.25, -0.2) is 0 Å². The predicted octanol–water partition coefficient (Wildman–Crippen LogP) is 1.56. The van der Waals surface area contributed by atoms with Gasteiger partial charge in [-0.15, -0.1) is 0 Å². The maximum Gasteiger partial charge on any atom is 0.0223 e. The molecule has 1 unspecified atom stereocenters. The highest BCUT2D eigenvalue weighted by molar-refractivity contribution is 4.74. The van der Waals surface area contributed by atoms with E-state index in [4.69, 9.17) is 0 Å². The molecule has 47 valence electrons. The van der Waals surface area contributed by atoms with Crippen LogP contribution in [-0.4, -0.2) is 6.54 Å². The van der Waals surface area contributed by atoms with Crippen molar-refractivity contribution in [3.05, 3.63) is 6.54 Å². The van der Waals surface area contributed by atoms with Gasteiger partial charge in [0.2, 0.25) is 0 Å². The number of hydrogen-bond acceptors (Lipinski definition) is 1. The molecule has 0 aromatic carbocycles. The third-order valence-electron chi connectivity index (χ3n) is 1.87. The molecule has 0 amide bonds. The van der Waals surface area contributed by atoms with Gasteiger partial charge < -0.3 is 5.32 Å². The highest BCUT2D eigenvalue weighted by Crippen LogP contribution is 2.16. The fraction of sp³-hybridized carbons (Fsp3) is 0.857. The molecule has 0 bridgehead atoms. The van der Waals surface area contributed by atoms with Gasteiger partial charge in [0.25, 0.3) is 0 Å². The lowest BCUT2D eigenvalue weighted by Crippen LogP contribution is -2.22. The SMILES string of the molecule is CCC1C[CH]NCC1. The minimum absolute atomic E-state index is 0.969. The molecule has 8 heavy (non-hydrogen) atoms. The second-order valence-electron chi connectivity index (χ2n) is 2.46. The van der Waals surface area contributed by atoms with Crippen LogP contribution in [0.15, 0.2) is 0 Å². The molecule has 0 aliphatic carbocycles. The number of piperidine rings is 1. The van der Waals surface area contributed by atoms with Crippen LogP contribution in [0.3, 0.4) is 0 Å². The minimum atomic E-state index is 0.969. The average Bonchev–Trinajstić information content (AvgIpc) is 1.90. The molecule has 1 rings (SSSR count). The Balaban J connectivity index is 2.13. The topological polar surface area (TPSA) is 12.0 Å². The summed E-state index contributed by atoms with van der Waals surface area (Å²) < 4.78 is 0. The summed E-state index contributed by atoms with van der Waals surface area (Å²) in [6, 6.07) is 0. The van der Waals surface area contributed by atoms with Crippen molar-refractivity contribution >= 4 is 0 Å². The first-order valence-electron chi connectivity index (χ1n) is 3.48. The largest absolute Gasteiger partial charge is 0.312 e. The summed E-state index contributed by atoms with van der Waals surface area (Å²) in [5.41, 5.74) is 0. The van der Waals surface area contributed by atoms with Gasteiger partial charge in [-0.05, 0) is 25.3 Å². The zero-order valence-corrected chi connectivity index (χ0v) is 5.48. The van der Waals surface area contributed by atoms with E-state index in [9.17, 15) is 0 Å². The van der Waals surface area contributed by atoms with Gasteiger partial charge in [0, 0.05) is 6.54 Å². The third-order valence-corrected chi connectivity index (χ3v) is 1.87. The Hall–Kier alpha value is -0.0400. The zero-order valence-electron chi connectivity index (χ0n) is 5.48. The second-order valence-corrected chi connectivity index (χ2v) is 2.46. The molecule has 0 aromatic rings. The van der Waals surface area contributed by atoms with E-state index in [1.807, 2.05) is 0 Å². The number of hydrogen-bond donors (Lipinski definition) is 1. The minimum Gasteiger partial charge on any atom is -0.312 e. The van der Waals surface area contributed by atoms with Crippen LogP contribution in [0.5, 0.6) is 0 Å². The summed E-state index contributed by atoms with van der Waals surface area (Å²) >= 11 is 0. The maximum absolute atomic E-state index is 3.22. The number of nitrogens with one attached hydrogen (secondary N) is 1. The Labute approximate surface area is 51.5 Å². The lowest BCUT2D eigenvalue weighted by Gasteiger charge is -2.19. The molecule has 1 aliphatic heterocycles. The summed E-state index contributed by atoms with van der Waals surface area (Å²) in [5, 5.41) is 3.22. The number of rotatable bonds is 1. The smallest absolute Gasteiger partial charge is 0.0223 e. The quantitative estimate of drug-likeness (QED) is 0.542. The van der Waals surface area contributed by atoms with Crippen LogP contribution in [0.1, 0.15) is 26.2 Å². The van der Waals surface area contributed by atoms with Crippen molar-refractivity contribution in [2.45, 2.75) is 26.2 Å². The lowest BCUT2D eigenvalue weighted by atomic mass is 9.96. The molecule has 1 fully saturated rings. The summed E-state index contributed by atoms with van der Waals surface area (Å²) in [6.45, 7) is 5.65. The molecule has 1 radical (unpaired) electrons. The second kappa shape index (κ2) is 3.08. The van der Waals surface area contributed by atoms with E-state index in [0.717, 1.165) is 5.92 Å². The van der Waals surface area contributed by atoms with Gasteiger partial charge in [-0.1, -0.05) is 13.3 Å². The van der Waals surface area contributed by atoms with Crippen LogP contribution in [0.2, 0.25) is 0 Å². The molecule has 1 aliphatic rings. The van der Waals surface area contributed by atoms with Crippen LogP contribution in [0, 0.1) is 12.5 Å². The summed E-state index contributed by atoms with van der Waals surface area (Å²) in [4.78, 5) is 0. The van der Waals surface area contributed by atoms with E-state index in [0.29, 0.717) is 0 Å². The molecular weight excluding hydrogens is 98.1 g/mol. The molecule has 1 heterocycles. The van der Waals surface area contributed by atoms with Crippen LogP contribution in [0.4, 0.5) is 0 Å². The van der Waals surface area contributed by atoms with Crippen LogP contribution < -0.4 is 5.32 Å². The van der Waals surface area contributed by atoms with Crippen LogP contribution in [-0.2, 0) is 0 Å². The first kappa shape index (κ1) is 6.09. The van der Waals surface area contributed by atoms with E-state index < -0.39 is 0 Å². The van der Waals surface area contributed by atoms with Crippen molar-refractivity contribution < 1.29 is 0 Å². The van der Waals surface area contributed by atoms with Crippen molar-refractivity contribution in [2.75, 3.05) is 6.54 Å². The molecule has 0 saturated carbocycles. The Morgan fingerprint density at radius 1 is 1.75 bits per heavy atom. The molecule has 1 atom stereocenters. The molecular formula is C7H14N. The first-order chi connectivity index (χ1) is 3.93. The van der Waals surface area contributed by atoms with E-state index >= 15 is 0 Å². The average molecular weight is 112 g/mol.